The zero-order valence-electron chi connectivity index (χ0n) is 23.8. The first-order valence-corrected chi connectivity index (χ1v) is 15.2. The van der Waals surface area contributed by atoms with Crippen molar-refractivity contribution in [1.29, 1.82) is 0 Å². The van der Waals surface area contributed by atoms with Crippen LogP contribution in [-0.4, -0.2) is 41.2 Å². The van der Waals surface area contributed by atoms with Gasteiger partial charge in [0.2, 0.25) is 0 Å². The van der Waals surface area contributed by atoms with E-state index in [1.807, 2.05) is 67.6 Å². The number of carbonyl (C=O) groups is 1. The van der Waals surface area contributed by atoms with Crippen molar-refractivity contribution in [1.82, 2.24) is 15.5 Å². The maximum atomic E-state index is 13.1. The van der Waals surface area contributed by atoms with Gasteiger partial charge in [-0.2, -0.15) is 0 Å². The van der Waals surface area contributed by atoms with E-state index in [1.54, 1.807) is 0 Å². The Morgan fingerprint density at radius 2 is 1.43 bits per heavy atom. The Morgan fingerprint density at radius 3 is 2.02 bits per heavy atom. The molecule has 3 aromatic carbocycles. The number of nitrogens with zero attached hydrogens (tertiary/aromatic N) is 1. The number of carbonyl (C=O) groups excluding carboxylic acids is 1. The molecule has 3 N–H and O–H groups in total. The first-order valence-electron chi connectivity index (χ1n) is 15.2. The Morgan fingerprint density at radius 1 is 0.850 bits per heavy atom. The van der Waals surface area contributed by atoms with Gasteiger partial charge in [0.25, 0.3) is 0 Å². The van der Waals surface area contributed by atoms with Crippen LogP contribution in [0.3, 0.4) is 0 Å². The molecule has 212 valence electrons. The molecule has 2 aliphatic rings. The van der Waals surface area contributed by atoms with Gasteiger partial charge in [-0.25, -0.2) is 4.79 Å². The summed E-state index contributed by atoms with van der Waals surface area (Å²) in [4.78, 5) is 15.8. The number of amides is 2. The molecule has 0 spiro atoms. The van der Waals surface area contributed by atoms with E-state index >= 15 is 0 Å². The van der Waals surface area contributed by atoms with Gasteiger partial charge in [-0.05, 0) is 87.6 Å². The van der Waals surface area contributed by atoms with Gasteiger partial charge < -0.3 is 15.7 Å². The van der Waals surface area contributed by atoms with Crippen LogP contribution in [0.2, 0.25) is 0 Å². The minimum Gasteiger partial charge on any atom is -0.378 e. The van der Waals surface area contributed by atoms with Gasteiger partial charge in [0.05, 0.1) is 6.04 Å². The summed E-state index contributed by atoms with van der Waals surface area (Å²) in [7, 11) is 0. The summed E-state index contributed by atoms with van der Waals surface area (Å²) in [6, 6.07) is 30.2. The Labute approximate surface area is 240 Å². The van der Waals surface area contributed by atoms with Crippen molar-refractivity contribution >= 4 is 6.03 Å². The van der Waals surface area contributed by atoms with E-state index in [-0.39, 0.29) is 12.1 Å². The van der Waals surface area contributed by atoms with Crippen LogP contribution in [0.15, 0.2) is 91.0 Å². The lowest BCUT2D eigenvalue weighted by Gasteiger charge is -2.38. The van der Waals surface area contributed by atoms with E-state index in [9.17, 15) is 9.90 Å². The molecular weight excluding hydrogens is 494 g/mol. The van der Waals surface area contributed by atoms with Gasteiger partial charge in [-0.3, -0.25) is 4.90 Å². The number of hydrogen-bond donors (Lipinski definition) is 3. The second kappa shape index (κ2) is 13.5. The number of hydrogen-bond acceptors (Lipinski definition) is 3. The quantitative estimate of drug-likeness (QED) is 0.281. The summed E-state index contributed by atoms with van der Waals surface area (Å²) >= 11 is 0. The number of piperidine rings is 1. The molecule has 2 fully saturated rings. The summed E-state index contributed by atoms with van der Waals surface area (Å²) in [5.74, 6) is 0.722. The van der Waals surface area contributed by atoms with Crippen molar-refractivity contribution in [3.63, 3.8) is 0 Å². The smallest absolute Gasteiger partial charge is 0.315 e. The highest BCUT2D eigenvalue weighted by Crippen LogP contribution is 2.34. The highest BCUT2D eigenvalue weighted by molar-refractivity contribution is 5.75. The van der Waals surface area contributed by atoms with Crippen molar-refractivity contribution in [2.45, 2.75) is 82.0 Å². The third-order valence-electron chi connectivity index (χ3n) is 9.21. The maximum Gasteiger partial charge on any atom is 0.315 e. The van der Waals surface area contributed by atoms with E-state index in [1.165, 1.54) is 37.8 Å². The zero-order valence-corrected chi connectivity index (χ0v) is 23.8. The molecule has 0 aromatic heterocycles. The van der Waals surface area contributed by atoms with E-state index in [0.29, 0.717) is 6.04 Å². The Kier molecular flexibility index (Phi) is 9.56. The third-order valence-corrected chi connectivity index (χ3v) is 9.21. The minimum absolute atomic E-state index is 0.178. The molecule has 1 saturated carbocycles. The number of rotatable bonds is 9. The van der Waals surface area contributed by atoms with Crippen LogP contribution in [0.5, 0.6) is 0 Å². The summed E-state index contributed by atoms with van der Waals surface area (Å²) in [6.45, 7) is 4.24. The molecule has 1 heterocycles. The van der Waals surface area contributed by atoms with Crippen LogP contribution in [-0.2, 0) is 5.60 Å². The van der Waals surface area contributed by atoms with Gasteiger partial charge in [0.1, 0.15) is 5.60 Å². The van der Waals surface area contributed by atoms with Gasteiger partial charge >= 0.3 is 6.03 Å². The van der Waals surface area contributed by atoms with Crippen LogP contribution in [0, 0.1) is 5.92 Å². The minimum atomic E-state index is -1.33. The molecule has 0 bridgehead atoms. The summed E-state index contributed by atoms with van der Waals surface area (Å²) < 4.78 is 0. The third kappa shape index (κ3) is 6.76. The lowest BCUT2D eigenvalue weighted by atomic mass is 9.81. The normalized spacial score (nSPS) is 22.8. The maximum absolute atomic E-state index is 13.1. The molecule has 5 nitrogen and oxygen atoms in total. The topological polar surface area (TPSA) is 64.6 Å². The van der Waals surface area contributed by atoms with Crippen LogP contribution in [0.4, 0.5) is 4.79 Å². The molecule has 1 aliphatic heterocycles. The zero-order chi connectivity index (χ0) is 27.8. The predicted molar refractivity (Wildman–Crippen MR) is 162 cm³/mol. The van der Waals surface area contributed by atoms with Crippen LogP contribution in [0.1, 0.15) is 81.0 Å². The van der Waals surface area contributed by atoms with Crippen LogP contribution in [0.25, 0.3) is 0 Å². The second-order valence-electron chi connectivity index (χ2n) is 11.8. The molecule has 1 aliphatic carbocycles. The monoisotopic (exact) mass is 539 g/mol. The fourth-order valence-electron chi connectivity index (χ4n) is 6.83. The van der Waals surface area contributed by atoms with E-state index in [4.69, 9.17) is 0 Å². The Hall–Kier alpha value is -3.15. The summed E-state index contributed by atoms with van der Waals surface area (Å²) in [6.07, 6.45) is 9.45. The highest BCUT2D eigenvalue weighted by Gasteiger charge is 2.39. The summed E-state index contributed by atoms with van der Waals surface area (Å²) in [5.41, 5.74) is 1.65. The van der Waals surface area contributed by atoms with Crippen molar-refractivity contribution in [3.8, 4) is 0 Å². The number of nitrogens with one attached hydrogen (secondary N) is 2. The van der Waals surface area contributed by atoms with E-state index in [2.05, 4.69) is 45.9 Å². The molecule has 1 unspecified atom stereocenters. The van der Waals surface area contributed by atoms with Gasteiger partial charge in [-0.1, -0.05) is 97.4 Å². The van der Waals surface area contributed by atoms with E-state index in [0.717, 1.165) is 49.3 Å². The molecule has 3 aromatic rings. The molecule has 5 rings (SSSR count). The lowest BCUT2D eigenvalue weighted by molar-refractivity contribution is 0.0470. The SMILES string of the molecule is C[C@H](NC(=O)N[C@H]1CC[C@H](CCN2CCCCC2c2ccccc2)CC1)C(O)(c1ccccc1)c1ccccc1. The average Bonchev–Trinajstić information content (AvgIpc) is 3.01. The van der Waals surface area contributed by atoms with E-state index < -0.39 is 11.6 Å². The summed E-state index contributed by atoms with van der Waals surface area (Å²) in [5, 5.41) is 18.2. The van der Waals surface area contributed by atoms with Crippen molar-refractivity contribution in [2.24, 2.45) is 5.92 Å². The van der Waals surface area contributed by atoms with Crippen LogP contribution < -0.4 is 10.6 Å². The highest BCUT2D eigenvalue weighted by atomic mass is 16.3. The molecule has 0 radical (unpaired) electrons. The first-order chi connectivity index (χ1) is 19.5. The Balaban J connectivity index is 1.11. The molecule has 5 heteroatoms. The fourth-order valence-corrected chi connectivity index (χ4v) is 6.83. The van der Waals surface area contributed by atoms with Gasteiger partial charge in [0.15, 0.2) is 0 Å². The Bertz CT molecular complexity index is 1140. The fraction of sp³-hybridized carbons (Fsp3) is 0.457. The number of likely N-dealkylation sites (tertiary alicyclic amines) is 1. The number of urea groups is 1. The van der Waals surface area contributed by atoms with Gasteiger partial charge in [0, 0.05) is 12.1 Å². The molecule has 2 atom stereocenters. The molecule has 40 heavy (non-hydrogen) atoms. The molecule has 2 amide bonds. The molecular formula is C35H45N3O2. The second-order valence-corrected chi connectivity index (χ2v) is 11.8. The average molecular weight is 540 g/mol. The van der Waals surface area contributed by atoms with Crippen LogP contribution >= 0.6 is 0 Å². The van der Waals surface area contributed by atoms with Crippen molar-refractivity contribution in [3.05, 3.63) is 108 Å². The molecule has 1 saturated heterocycles. The van der Waals surface area contributed by atoms with Crippen molar-refractivity contribution < 1.29 is 9.90 Å². The van der Waals surface area contributed by atoms with Crippen molar-refractivity contribution in [2.75, 3.05) is 13.1 Å². The number of aliphatic hydroxyl groups is 1. The largest absolute Gasteiger partial charge is 0.378 e. The first kappa shape index (κ1) is 28.4. The number of benzene rings is 3. The van der Waals surface area contributed by atoms with Gasteiger partial charge in [-0.15, -0.1) is 0 Å². The standard InChI is InChI=1S/C35H45N3O2/c1-27(35(40,30-15-7-3-8-16-30)31-17-9-4-10-18-31)36-34(39)37-32-22-20-28(21-23-32)24-26-38-25-12-11-19-33(38)29-13-5-2-6-14-29/h2-10,13-18,27-28,32-33,40H,11-12,19-26H2,1H3,(H2,36,37,39)/t27-,28-,32-,33?/m0/s1. The predicted octanol–water partition coefficient (Wildman–Crippen LogP) is 6.79. The lowest BCUT2D eigenvalue weighted by Crippen LogP contribution is -2.54.